The minimum Gasteiger partial charge on any atom is -0.482 e. The van der Waals surface area contributed by atoms with Crippen molar-refractivity contribution < 1.29 is 27.8 Å². The number of carbonyl (C=O) groups is 1. The molecule has 2 N–H and O–H groups in total. The van der Waals surface area contributed by atoms with Gasteiger partial charge in [0.1, 0.15) is 5.75 Å². The van der Waals surface area contributed by atoms with Crippen LogP contribution in [0.1, 0.15) is 24.2 Å². The Balaban J connectivity index is 1.66. The molecule has 0 aliphatic rings. The summed E-state index contributed by atoms with van der Waals surface area (Å²) in [5.74, 6) is -0.271. The van der Waals surface area contributed by atoms with Crippen LogP contribution in [0.4, 0.5) is 0 Å². The van der Waals surface area contributed by atoms with Gasteiger partial charge >= 0.3 is 5.97 Å². The molecule has 0 bridgehead atoms. The molecule has 0 aliphatic heterocycles. The lowest BCUT2D eigenvalue weighted by molar-refractivity contribution is -0.145. The number of rotatable bonds is 12. The molecule has 9 heteroatoms. The van der Waals surface area contributed by atoms with Crippen LogP contribution in [0.15, 0.2) is 82.6 Å². The average molecular weight is 518 g/mol. The van der Waals surface area contributed by atoms with Gasteiger partial charge in [-0.15, -0.1) is 0 Å². The fourth-order valence-corrected chi connectivity index (χ4v) is 5.22. The van der Waals surface area contributed by atoms with Crippen LogP contribution in [0.5, 0.6) is 5.75 Å². The Hall–Kier alpha value is -2.91. The molecular formula is C26H28ClNO6S. The molecule has 0 unspecified atom stereocenters. The number of sulfone groups is 1. The van der Waals surface area contributed by atoms with Crippen LogP contribution in [0, 0.1) is 0 Å². The first-order chi connectivity index (χ1) is 16.8. The Morgan fingerprint density at radius 3 is 2.60 bits per heavy atom. The molecule has 1 atom stereocenters. The van der Waals surface area contributed by atoms with Gasteiger partial charge in [-0.25, -0.2) is 13.2 Å². The van der Waals surface area contributed by atoms with E-state index in [1.165, 1.54) is 12.1 Å². The van der Waals surface area contributed by atoms with Gasteiger partial charge in [0.05, 0.1) is 22.5 Å². The minimum atomic E-state index is -3.83. The number of benzene rings is 3. The fourth-order valence-electron chi connectivity index (χ4n) is 3.47. The summed E-state index contributed by atoms with van der Waals surface area (Å²) >= 11 is 5.98. The molecule has 0 fully saturated rings. The number of hydrogen-bond donors (Lipinski definition) is 2. The molecule has 0 saturated heterocycles. The number of ether oxygens (including phenoxy) is 2. The van der Waals surface area contributed by atoms with Gasteiger partial charge in [0.15, 0.2) is 6.61 Å². The van der Waals surface area contributed by atoms with Crippen LogP contribution >= 0.6 is 11.6 Å². The lowest BCUT2D eigenvalue weighted by Gasteiger charge is -2.14. The van der Waals surface area contributed by atoms with Gasteiger partial charge in [-0.05, 0) is 67.4 Å². The third kappa shape index (κ3) is 7.53. The van der Waals surface area contributed by atoms with E-state index in [9.17, 15) is 18.3 Å². The molecule has 7 nitrogen and oxygen atoms in total. The van der Waals surface area contributed by atoms with Gasteiger partial charge in [-0.2, -0.15) is 0 Å². The summed E-state index contributed by atoms with van der Waals surface area (Å²) < 4.78 is 37.0. The summed E-state index contributed by atoms with van der Waals surface area (Å²) in [4.78, 5) is 11.8. The molecule has 35 heavy (non-hydrogen) atoms. The van der Waals surface area contributed by atoms with Crippen LogP contribution < -0.4 is 10.1 Å². The van der Waals surface area contributed by atoms with Gasteiger partial charge in [0.25, 0.3) is 0 Å². The molecule has 0 aromatic heterocycles. The van der Waals surface area contributed by atoms with Crippen LogP contribution in [0.25, 0.3) is 0 Å². The zero-order chi connectivity index (χ0) is 25.3. The first-order valence-corrected chi connectivity index (χ1v) is 13.0. The normalized spacial score (nSPS) is 12.2. The monoisotopic (exact) mass is 517 g/mol. The topological polar surface area (TPSA) is 102 Å². The predicted molar refractivity (Wildman–Crippen MR) is 133 cm³/mol. The van der Waals surface area contributed by atoms with E-state index in [4.69, 9.17) is 21.1 Å². The minimum absolute atomic E-state index is 0.0654. The third-order valence-corrected chi connectivity index (χ3v) is 7.27. The second-order valence-electron chi connectivity index (χ2n) is 7.70. The quantitative estimate of drug-likeness (QED) is 0.277. The van der Waals surface area contributed by atoms with E-state index >= 15 is 0 Å². The van der Waals surface area contributed by atoms with Gasteiger partial charge in [0.2, 0.25) is 9.84 Å². The largest absolute Gasteiger partial charge is 0.482 e. The number of aliphatic hydroxyl groups excluding tert-OH is 1. The standard InChI is InChI=1S/C26H28ClNO6S/c1-2-33-26(30)18-34-22-10-6-11-23(16-22)35(31,32)25-12-4-3-7-19(25)13-14-28-17-24(29)20-8-5-9-21(27)15-20/h3-12,15-16,24,28-29H,2,13-14,17-18H2,1H3/t24-/m0/s1. The van der Waals surface area contributed by atoms with Crippen molar-refractivity contribution in [2.45, 2.75) is 29.2 Å². The highest BCUT2D eigenvalue weighted by molar-refractivity contribution is 7.91. The van der Waals surface area contributed by atoms with E-state index in [0.717, 1.165) is 0 Å². The Kier molecular flexibility index (Phi) is 9.68. The molecular weight excluding hydrogens is 490 g/mol. The maximum atomic E-state index is 13.4. The number of aliphatic hydroxyl groups is 1. The summed E-state index contributed by atoms with van der Waals surface area (Å²) in [6.07, 6.45) is -0.290. The Morgan fingerprint density at radius 1 is 1.06 bits per heavy atom. The van der Waals surface area contributed by atoms with Gasteiger partial charge in [0, 0.05) is 11.6 Å². The maximum Gasteiger partial charge on any atom is 0.344 e. The van der Waals surface area contributed by atoms with E-state index in [0.29, 0.717) is 35.7 Å². The molecule has 186 valence electrons. The van der Waals surface area contributed by atoms with Crippen molar-refractivity contribution >= 4 is 27.4 Å². The summed E-state index contributed by atoms with van der Waals surface area (Å²) in [6.45, 7) is 2.39. The van der Waals surface area contributed by atoms with Gasteiger partial charge in [-0.1, -0.05) is 48.0 Å². The predicted octanol–water partition coefficient (Wildman–Crippen LogP) is 3.98. The summed E-state index contributed by atoms with van der Waals surface area (Å²) in [7, 11) is -3.83. The Morgan fingerprint density at radius 2 is 1.83 bits per heavy atom. The molecule has 3 aromatic carbocycles. The van der Waals surface area contributed by atoms with Crippen LogP contribution in [-0.4, -0.2) is 45.8 Å². The molecule has 0 heterocycles. The van der Waals surface area contributed by atoms with E-state index < -0.39 is 21.9 Å². The van der Waals surface area contributed by atoms with Crippen molar-refractivity contribution in [3.63, 3.8) is 0 Å². The molecule has 0 spiro atoms. The SMILES string of the molecule is CCOC(=O)COc1cccc(S(=O)(=O)c2ccccc2CCNC[C@H](O)c2cccc(Cl)c2)c1. The van der Waals surface area contributed by atoms with Crippen molar-refractivity contribution in [2.75, 3.05) is 26.3 Å². The summed E-state index contributed by atoms with van der Waals surface area (Å²) in [5.41, 5.74) is 1.35. The first kappa shape index (κ1) is 26.7. The number of nitrogens with one attached hydrogen (secondary N) is 1. The maximum absolute atomic E-state index is 13.4. The highest BCUT2D eigenvalue weighted by Gasteiger charge is 2.21. The Bertz CT molecular complexity index is 1250. The first-order valence-electron chi connectivity index (χ1n) is 11.2. The molecule has 3 rings (SSSR count). The van der Waals surface area contributed by atoms with Gasteiger partial charge < -0.3 is 19.9 Å². The highest BCUT2D eigenvalue weighted by atomic mass is 35.5. The zero-order valence-corrected chi connectivity index (χ0v) is 20.9. The van der Waals surface area contributed by atoms with Crippen LogP contribution in [0.3, 0.4) is 0 Å². The number of esters is 1. The fraction of sp³-hybridized carbons (Fsp3) is 0.269. The van der Waals surface area contributed by atoms with Crippen molar-refractivity contribution in [3.05, 3.63) is 88.9 Å². The highest BCUT2D eigenvalue weighted by Crippen LogP contribution is 2.27. The number of carbonyl (C=O) groups excluding carboxylic acids is 1. The molecule has 3 aromatic rings. The van der Waals surface area contributed by atoms with E-state index in [-0.39, 0.29) is 28.8 Å². The van der Waals surface area contributed by atoms with Crippen molar-refractivity contribution in [1.82, 2.24) is 5.32 Å². The zero-order valence-electron chi connectivity index (χ0n) is 19.3. The molecule has 0 saturated carbocycles. The smallest absolute Gasteiger partial charge is 0.344 e. The van der Waals surface area contributed by atoms with E-state index in [1.54, 1.807) is 67.6 Å². The van der Waals surface area contributed by atoms with E-state index in [1.807, 2.05) is 0 Å². The molecule has 0 radical (unpaired) electrons. The van der Waals surface area contributed by atoms with E-state index in [2.05, 4.69) is 5.32 Å². The average Bonchev–Trinajstić information content (AvgIpc) is 2.86. The lowest BCUT2D eigenvalue weighted by Crippen LogP contribution is -2.24. The molecule has 0 aliphatic carbocycles. The second kappa shape index (κ2) is 12.7. The molecule has 0 amide bonds. The van der Waals surface area contributed by atoms with Crippen molar-refractivity contribution in [3.8, 4) is 5.75 Å². The lowest BCUT2D eigenvalue weighted by atomic mass is 10.1. The second-order valence-corrected chi connectivity index (χ2v) is 10.1. The Labute approximate surface area is 210 Å². The van der Waals surface area contributed by atoms with Crippen LogP contribution in [-0.2, 0) is 25.8 Å². The number of hydrogen-bond acceptors (Lipinski definition) is 7. The van der Waals surface area contributed by atoms with Gasteiger partial charge in [-0.3, -0.25) is 0 Å². The third-order valence-electron chi connectivity index (χ3n) is 5.18. The van der Waals surface area contributed by atoms with Crippen LogP contribution in [0.2, 0.25) is 5.02 Å². The van der Waals surface area contributed by atoms with Crippen molar-refractivity contribution in [1.29, 1.82) is 0 Å². The summed E-state index contributed by atoms with van der Waals surface area (Å²) in [6, 6.07) is 19.8. The summed E-state index contributed by atoms with van der Waals surface area (Å²) in [5, 5.41) is 14.1. The van der Waals surface area contributed by atoms with Crippen molar-refractivity contribution in [2.24, 2.45) is 0 Å². The number of halogens is 1.